The minimum absolute atomic E-state index is 0. The topological polar surface area (TPSA) is 90.2 Å². The van der Waals surface area contributed by atoms with Crippen LogP contribution in [0.4, 0.5) is 13.2 Å². The number of halogens is 5. The van der Waals surface area contributed by atoms with Crippen LogP contribution in [0.2, 0.25) is 0 Å². The summed E-state index contributed by atoms with van der Waals surface area (Å²) in [4.78, 5) is 6.18. The molecule has 0 aliphatic carbocycles. The SMILES string of the molecule is Cl.Cl.Cn1cc(-c2ccc3ccc(-c4nnc5ccc([C@H](N6CCC(C)(N)C6)C(F)(F)F)cn45)nc3c2)cn1. The highest BCUT2D eigenvalue weighted by atomic mass is 35.5. The first kappa shape index (κ1) is 28.8. The van der Waals surface area contributed by atoms with E-state index in [1.807, 2.05) is 37.5 Å². The van der Waals surface area contributed by atoms with Gasteiger partial charge in [-0.15, -0.1) is 35.0 Å². The number of benzene rings is 1. The highest BCUT2D eigenvalue weighted by Gasteiger charge is 2.48. The van der Waals surface area contributed by atoms with Gasteiger partial charge in [-0.2, -0.15) is 18.3 Å². The zero-order chi connectivity index (χ0) is 25.9. The van der Waals surface area contributed by atoms with Crippen molar-refractivity contribution in [3.63, 3.8) is 0 Å². The van der Waals surface area contributed by atoms with E-state index in [1.165, 1.54) is 17.2 Å². The lowest BCUT2D eigenvalue weighted by Gasteiger charge is -2.31. The van der Waals surface area contributed by atoms with E-state index in [1.54, 1.807) is 34.3 Å². The molecular weight excluding hydrogens is 552 g/mol. The molecule has 2 N–H and O–H groups in total. The zero-order valence-electron chi connectivity index (χ0n) is 21.1. The van der Waals surface area contributed by atoms with Crippen molar-refractivity contribution in [1.82, 2.24) is 34.3 Å². The van der Waals surface area contributed by atoms with Gasteiger partial charge in [0.25, 0.3) is 0 Å². The van der Waals surface area contributed by atoms with Gasteiger partial charge in [0.2, 0.25) is 0 Å². The van der Waals surface area contributed by atoms with Gasteiger partial charge < -0.3 is 5.73 Å². The summed E-state index contributed by atoms with van der Waals surface area (Å²) in [6.45, 7) is 2.22. The Morgan fingerprint density at radius 3 is 2.44 bits per heavy atom. The quantitative estimate of drug-likeness (QED) is 0.314. The predicted molar refractivity (Wildman–Crippen MR) is 148 cm³/mol. The van der Waals surface area contributed by atoms with E-state index in [0.717, 1.165) is 22.0 Å². The average Bonchev–Trinajstić information content (AvgIpc) is 3.55. The molecule has 2 atom stereocenters. The molecule has 1 fully saturated rings. The highest BCUT2D eigenvalue weighted by molar-refractivity contribution is 5.86. The summed E-state index contributed by atoms with van der Waals surface area (Å²) in [6.07, 6.45) is 1.20. The molecule has 5 aromatic rings. The molecule has 1 aliphatic rings. The fourth-order valence-corrected chi connectivity index (χ4v) is 5.08. The molecule has 1 unspecified atom stereocenters. The van der Waals surface area contributed by atoms with Crippen LogP contribution < -0.4 is 5.73 Å². The number of aryl methyl sites for hydroxylation is 1. The maximum Gasteiger partial charge on any atom is 0.408 e. The van der Waals surface area contributed by atoms with Gasteiger partial charge in [-0.1, -0.05) is 24.3 Å². The van der Waals surface area contributed by atoms with E-state index in [4.69, 9.17) is 10.7 Å². The van der Waals surface area contributed by atoms with Gasteiger partial charge in [0.15, 0.2) is 11.5 Å². The number of pyridine rings is 2. The Kier molecular flexibility index (Phi) is 7.65. The van der Waals surface area contributed by atoms with Crippen molar-refractivity contribution in [3.8, 4) is 22.6 Å². The monoisotopic (exact) mass is 578 g/mol. The maximum absolute atomic E-state index is 14.3. The Morgan fingerprint density at radius 1 is 1.00 bits per heavy atom. The first-order valence-electron chi connectivity index (χ1n) is 11.9. The number of aromatic nitrogens is 6. The molecule has 39 heavy (non-hydrogen) atoms. The van der Waals surface area contributed by atoms with Crippen molar-refractivity contribution in [2.45, 2.75) is 31.1 Å². The van der Waals surface area contributed by atoms with Crippen molar-refractivity contribution in [2.24, 2.45) is 12.8 Å². The van der Waals surface area contributed by atoms with Crippen molar-refractivity contribution < 1.29 is 13.2 Å². The van der Waals surface area contributed by atoms with Crippen LogP contribution in [0.1, 0.15) is 24.9 Å². The van der Waals surface area contributed by atoms with E-state index in [2.05, 4.69) is 15.3 Å². The van der Waals surface area contributed by atoms with Gasteiger partial charge in [0.05, 0.1) is 11.7 Å². The number of nitrogens with zero attached hydrogens (tertiary/aromatic N) is 7. The smallest absolute Gasteiger partial charge is 0.324 e. The number of hydrogen-bond acceptors (Lipinski definition) is 6. The molecule has 1 aliphatic heterocycles. The Morgan fingerprint density at radius 2 is 1.77 bits per heavy atom. The normalized spacial score (nSPS) is 18.7. The molecule has 1 aromatic carbocycles. The number of hydrogen-bond donors (Lipinski definition) is 1. The zero-order valence-corrected chi connectivity index (χ0v) is 22.8. The number of fused-ring (bicyclic) bond motifs is 2. The summed E-state index contributed by atoms with van der Waals surface area (Å²) >= 11 is 0. The van der Waals surface area contributed by atoms with Crippen LogP contribution in [-0.2, 0) is 7.05 Å². The highest BCUT2D eigenvalue weighted by Crippen LogP contribution is 2.41. The third kappa shape index (κ3) is 5.44. The van der Waals surface area contributed by atoms with Crippen molar-refractivity contribution in [2.75, 3.05) is 13.1 Å². The standard InChI is InChI=1S/C26H25F3N8.2ClH/c1-25(30)9-10-36(15-25)23(26(27,28)29)18-6-8-22-33-34-24(37(22)14-18)20-7-5-16-3-4-17(11-21(16)32-20)19-12-31-35(2)13-19;;/h3-8,11-14,23H,9-10,15,30H2,1-2H3;2*1H/t23-,25?;;/m0../s1. The first-order valence-corrected chi connectivity index (χ1v) is 11.9. The Bertz CT molecular complexity index is 1630. The number of alkyl halides is 3. The van der Waals surface area contributed by atoms with Crippen LogP contribution in [0.3, 0.4) is 0 Å². The Labute approximate surface area is 234 Å². The van der Waals surface area contributed by atoms with E-state index in [-0.39, 0.29) is 43.5 Å². The lowest BCUT2D eigenvalue weighted by atomic mass is 10.0. The molecule has 1 saturated heterocycles. The molecule has 6 rings (SSSR count). The molecule has 0 saturated carbocycles. The summed E-state index contributed by atoms with van der Waals surface area (Å²) in [5, 5.41) is 13.6. The van der Waals surface area contributed by atoms with Crippen LogP contribution in [0.15, 0.2) is 61.1 Å². The molecule has 5 heterocycles. The number of nitrogens with two attached hydrogens (primary N) is 1. The first-order chi connectivity index (χ1) is 17.6. The average molecular weight is 579 g/mol. The van der Waals surface area contributed by atoms with E-state index in [0.29, 0.717) is 23.6 Å². The second-order valence-electron chi connectivity index (χ2n) is 10.0. The predicted octanol–water partition coefficient (Wildman–Crippen LogP) is 5.22. The van der Waals surface area contributed by atoms with Gasteiger partial charge in [-0.05, 0) is 42.7 Å². The molecule has 8 nitrogen and oxygen atoms in total. The summed E-state index contributed by atoms with van der Waals surface area (Å²) in [7, 11) is 1.85. The molecule has 0 amide bonds. The van der Waals surface area contributed by atoms with Crippen molar-refractivity contribution in [3.05, 3.63) is 66.6 Å². The number of rotatable bonds is 4. The van der Waals surface area contributed by atoms with Gasteiger partial charge >= 0.3 is 6.18 Å². The van der Waals surface area contributed by atoms with E-state index in [9.17, 15) is 13.2 Å². The Balaban J connectivity index is 0.00000176. The maximum atomic E-state index is 14.3. The van der Waals surface area contributed by atoms with Gasteiger partial charge in [0.1, 0.15) is 11.7 Å². The minimum Gasteiger partial charge on any atom is -0.324 e. The van der Waals surface area contributed by atoms with Gasteiger partial charge in [-0.25, -0.2) is 4.98 Å². The van der Waals surface area contributed by atoms with Crippen molar-refractivity contribution >= 4 is 41.4 Å². The van der Waals surface area contributed by atoms with Crippen LogP contribution in [0, 0.1) is 0 Å². The third-order valence-corrected chi connectivity index (χ3v) is 6.91. The van der Waals surface area contributed by atoms with E-state index < -0.39 is 17.8 Å². The number of likely N-dealkylation sites (tertiary alicyclic amines) is 1. The van der Waals surface area contributed by atoms with Gasteiger partial charge in [0, 0.05) is 49.0 Å². The van der Waals surface area contributed by atoms with Gasteiger partial charge in [-0.3, -0.25) is 14.0 Å². The molecule has 13 heteroatoms. The summed E-state index contributed by atoms with van der Waals surface area (Å²) in [6, 6.07) is 10.9. The lowest BCUT2D eigenvalue weighted by Crippen LogP contribution is -2.43. The van der Waals surface area contributed by atoms with Crippen LogP contribution in [0.5, 0.6) is 0 Å². The largest absolute Gasteiger partial charge is 0.408 e. The third-order valence-electron chi connectivity index (χ3n) is 6.91. The second-order valence-corrected chi connectivity index (χ2v) is 10.0. The molecule has 0 spiro atoms. The minimum atomic E-state index is -4.47. The molecule has 0 bridgehead atoms. The van der Waals surface area contributed by atoms with Crippen LogP contribution in [0.25, 0.3) is 39.2 Å². The lowest BCUT2D eigenvalue weighted by molar-refractivity contribution is -0.184. The molecule has 0 radical (unpaired) electrons. The Hall–Kier alpha value is -3.25. The van der Waals surface area contributed by atoms with Crippen LogP contribution >= 0.6 is 24.8 Å². The second kappa shape index (κ2) is 10.4. The summed E-state index contributed by atoms with van der Waals surface area (Å²) in [5.74, 6) is 0.372. The fraction of sp³-hybridized carbons (Fsp3) is 0.308. The fourth-order valence-electron chi connectivity index (χ4n) is 5.08. The molecule has 206 valence electrons. The molecule has 4 aromatic heterocycles. The molecular formula is C26H27Cl2F3N8. The summed E-state index contributed by atoms with van der Waals surface area (Å²) < 4.78 is 46.1. The van der Waals surface area contributed by atoms with E-state index >= 15 is 0 Å². The van der Waals surface area contributed by atoms with Crippen LogP contribution in [-0.4, -0.2) is 59.1 Å². The van der Waals surface area contributed by atoms with Crippen molar-refractivity contribution in [1.29, 1.82) is 0 Å². The summed E-state index contributed by atoms with van der Waals surface area (Å²) in [5.41, 5.74) is 9.22.